The summed E-state index contributed by atoms with van der Waals surface area (Å²) in [5.74, 6) is 0.751. The van der Waals surface area contributed by atoms with Crippen molar-refractivity contribution < 1.29 is 9.53 Å². The van der Waals surface area contributed by atoms with Crippen molar-refractivity contribution in [2.24, 2.45) is 0 Å². The van der Waals surface area contributed by atoms with Crippen molar-refractivity contribution in [2.75, 3.05) is 7.11 Å². The van der Waals surface area contributed by atoms with Crippen LogP contribution >= 0.6 is 0 Å². The molecule has 0 unspecified atom stereocenters. The largest absolute Gasteiger partial charge is 0.497 e. The summed E-state index contributed by atoms with van der Waals surface area (Å²) in [6, 6.07) is 15.0. The molecular weight excluding hydrogens is 224 g/mol. The molecule has 2 aromatic carbocycles. The average Bonchev–Trinajstić information content (AvgIpc) is 2.46. The van der Waals surface area contributed by atoms with E-state index in [0.717, 1.165) is 17.5 Å². The molecular formula is C16H16O2. The molecule has 2 rings (SSSR count). The number of aryl methyl sites for hydroxylation is 1. The minimum atomic E-state index is 0.0475. The number of hydrogen-bond donors (Lipinski definition) is 0. The number of methoxy groups -OCH3 is 1. The van der Waals surface area contributed by atoms with Crippen molar-refractivity contribution in [1.29, 1.82) is 0 Å². The lowest BCUT2D eigenvalue weighted by molar-refractivity contribution is 0.103. The maximum Gasteiger partial charge on any atom is 0.193 e. The number of hydrogen-bond acceptors (Lipinski definition) is 2. The van der Waals surface area contributed by atoms with Crippen LogP contribution in [0.1, 0.15) is 28.4 Å². The zero-order valence-electron chi connectivity index (χ0n) is 10.6. The number of ether oxygens (including phenoxy) is 1. The average molecular weight is 240 g/mol. The smallest absolute Gasteiger partial charge is 0.193 e. The molecule has 0 atom stereocenters. The highest BCUT2D eigenvalue weighted by molar-refractivity contribution is 6.10. The van der Waals surface area contributed by atoms with Crippen molar-refractivity contribution in [3.63, 3.8) is 0 Å². The van der Waals surface area contributed by atoms with Gasteiger partial charge in [0.05, 0.1) is 7.11 Å². The Morgan fingerprint density at radius 3 is 2.61 bits per heavy atom. The third-order valence-electron chi connectivity index (χ3n) is 2.97. The second-order valence-corrected chi connectivity index (χ2v) is 4.07. The van der Waals surface area contributed by atoms with Crippen molar-refractivity contribution >= 4 is 5.78 Å². The summed E-state index contributed by atoms with van der Waals surface area (Å²) in [7, 11) is 1.60. The fourth-order valence-corrected chi connectivity index (χ4v) is 1.97. The van der Waals surface area contributed by atoms with Gasteiger partial charge in [0.25, 0.3) is 0 Å². The lowest BCUT2D eigenvalue weighted by Crippen LogP contribution is -2.05. The van der Waals surface area contributed by atoms with Crippen LogP contribution in [0, 0.1) is 0 Å². The van der Waals surface area contributed by atoms with Gasteiger partial charge in [0.2, 0.25) is 0 Å². The molecule has 2 heteroatoms. The topological polar surface area (TPSA) is 26.3 Å². The van der Waals surface area contributed by atoms with Crippen LogP contribution in [0.4, 0.5) is 0 Å². The lowest BCUT2D eigenvalue weighted by Gasteiger charge is -2.07. The quantitative estimate of drug-likeness (QED) is 0.765. The molecule has 18 heavy (non-hydrogen) atoms. The van der Waals surface area contributed by atoms with Crippen LogP contribution < -0.4 is 4.74 Å². The Labute approximate surface area is 107 Å². The highest BCUT2D eigenvalue weighted by Gasteiger charge is 2.12. The predicted octanol–water partition coefficient (Wildman–Crippen LogP) is 3.49. The van der Waals surface area contributed by atoms with Crippen LogP contribution in [0.5, 0.6) is 5.75 Å². The van der Waals surface area contributed by atoms with Crippen molar-refractivity contribution in [3.8, 4) is 5.75 Å². The Morgan fingerprint density at radius 2 is 1.89 bits per heavy atom. The third kappa shape index (κ3) is 2.43. The molecule has 0 spiro atoms. The molecule has 0 aliphatic rings. The monoisotopic (exact) mass is 240 g/mol. The first-order chi connectivity index (χ1) is 8.76. The fourth-order valence-electron chi connectivity index (χ4n) is 1.97. The van der Waals surface area contributed by atoms with Crippen LogP contribution in [0.15, 0.2) is 48.5 Å². The summed E-state index contributed by atoms with van der Waals surface area (Å²) in [5.41, 5.74) is 2.51. The van der Waals surface area contributed by atoms with E-state index in [1.165, 1.54) is 0 Å². The van der Waals surface area contributed by atoms with Gasteiger partial charge in [0.15, 0.2) is 5.78 Å². The number of rotatable bonds is 4. The molecule has 0 radical (unpaired) electrons. The van der Waals surface area contributed by atoms with Crippen LogP contribution in [-0.2, 0) is 6.42 Å². The van der Waals surface area contributed by atoms with E-state index in [2.05, 4.69) is 6.92 Å². The van der Waals surface area contributed by atoms with E-state index in [4.69, 9.17) is 4.74 Å². The lowest BCUT2D eigenvalue weighted by atomic mass is 9.97. The zero-order chi connectivity index (χ0) is 13.0. The van der Waals surface area contributed by atoms with Gasteiger partial charge in [0.1, 0.15) is 5.75 Å². The molecule has 92 valence electrons. The minimum absolute atomic E-state index is 0.0475. The normalized spacial score (nSPS) is 10.1. The third-order valence-corrected chi connectivity index (χ3v) is 2.97. The highest BCUT2D eigenvalue weighted by atomic mass is 16.5. The van der Waals surface area contributed by atoms with Gasteiger partial charge in [-0.2, -0.15) is 0 Å². The minimum Gasteiger partial charge on any atom is -0.497 e. The number of carbonyl (C=O) groups excluding carboxylic acids is 1. The van der Waals surface area contributed by atoms with E-state index < -0.39 is 0 Å². The molecule has 0 saturated heterocycles. The molecule has 0 N–H and O–H groups in total. The summed E-state index contributed by atoms with van der Waals surface area (Å²) >= 11 is 0. The van der Waals surface area contributed by atoms with Crippen LogP contribution in [0.3, 0.4) is 0 Å². The highest BCUT2D eigenvalue weighted by Crippen LogP contribution is 2.18. The van der Waals surface area contributed by atoms with Gasteiger partial charge in [-0.15, -0.1) is 0 Å². The second kappa shape index (κ2) is 5.50. The summed E-state index contributed by atoms with van der Waals surface area (Å²) in [4.78, 5) is 12.4. The summed E-state index contributed by atoms with van der Waals surface area (Å²) in [6.07, 6.45) is 0.853. The Kier molecular flexibility index (Phi) is 3.78. The maximum atomic E-state index is 12.4. The van der Waals surface area contributed by atoms with Gasteiger partial charge in [-0.1, -0.05) is 43.3 Å². The Morgan fingerprint density at radius 1 is 1.11 bits per heavy atom. The van der Waals surface area contributed by atoms with E-state index in [1.54, 1.807) is 13.2 Å². The molecule has 0 bridgehead atoms. The molecule has 0 aliphatic heterocycles. The molecule has 0 saturated carbocycles. The van der Waals surface area contributed by atoms with Gasteiger partial charge < -0.3 is 4.74 Å². The first-order valence-corrected chi connectivity index (χ1v) is 6.03. The van der Waals surface area contributed by atoms with E-state index in [0.29, 0.717) is 11.3 Å². The number of ketones is 1. The number of carbonyl (C=O) groups is 1. The summed E-state index contributed by atoms with van der Waals surface area (Å²) < 4.78 is 5.15. The predicted molar refractivity (Wildman–Crippen MR) is 72.2 cm³/mol. The fraction of sp³-hybridized carbons (Fsp3) is 0.188. The van der Waals surface area contributed by atoms with Crippen molar-refractivity contribution in [2.45, 2.75) is 13.3 Å². The summed E-state index contributed by atoms with van der Waals surface area (Å²) in [5, 5.41) is 0. The van der Waals surface area contributed by atoms with Gasteiger partial charge in [-0.3, -0.25) is 4.79 Å². The van der Waals surface area contributed by atoms with Crippen LogP contribution in [-0.4, -0.2) is 12.9 Å². The second-order valence-electron chi connectivity index (χ2n) is 4.07. The molecule has 2 nitrogen and oxygen atoms in total. The van der Waals surface area contributed by atoms with Gasteiger partial charge in [-0.05, 0) is 24.1 Å². The Balaban J connectivity index is 2.41. The number of benzene rings is 2. The summed E-state index contributed by atoms with van der Waals surface area (Å²) in [6.45, 7) is 2.05. The molecule has 0 amide bonds. The first-order valence-electron chi connectivity index (χ1n) is 6.03. The van der Waals surface area contributed by atoms with E-state index in [9.17, 15) is 4.79 Å². The van der Waals surface area contributed by atoms with Crippen molar-refractivity contribution in [3.05, 3.63) is 65.2 Å². The van der Waals surface area contributed by atoms with Crippen molar-refractivity contribution in [1.82, 2.24) is 0 Å². The van der Waals surface area contributed by atoms with Crippen LogP contribution in [0.2, 0.25) is 0 Å². The first kappa shape index (κ1) is 12.4. The van der Waals surface area contributed by atoms with Gasteiger partial charge in [0, 0.05) is 11.1 Å². The molecule has 0 aromatic heterocycles. The molecule has 0 aliphatic carbocycles. The maximum absolute atomic E-state index is 12.4. The zero-order valence-corrected chi connectivity index (χ0v) is 10.6. The van der Waals surface area contributed by atoms with E-state index >= 15 is 0 Å². The molecule has 0 heterocycles. The molecule has 2 aromatic rings. The standard InChI is InChI=1S/C16H16O2/c1-3-12-7-4-5-10-15(12)16(17)13-8-6-9-14(11-13)18-2/h4-11H,3H2,1-2H3. The van der Waals surface area contributed by atoms with E-state index in [-0.39, 0.29) is 5.78 Å². The molecule has 0 fully saturated rings. The van der Waals surface area contributed by atoms with Gasteiger partial charge in [-0.25, -0.2) is 0 Å². The van der Waals surface area contributed by atoms with E-state index in [1.807, 2.05) is 42.5 Å². The Hall–Kier alpha value is -2.09. The van der Waals surface area contributed by atoms with Gasteiger partial charge >= 0.3 is 0 Å². The SMILES string of the molecule is CCc1ccccc1C(=O)c1cccc(OC)c1. The van der Waals surface area contributed by atoms with Crippen LogP contribution in [0.25, 0.3) is 0 Å². The Bertz CT molecular complexity index is 559.